The molecule has 4 rings (SSSR count). The predicted octanol–water partition coefficient (Wildman–Crippen LogP) is 0.824. The van der Waals surface area contributed by atoms with E-state index in [9.17, 15) is 22.8 Å². The first kappa shape index (κ1) is 31.3. The third-order valence-corrected chi connectivity index (χ3v) is 9.19. The maximum absolute atomic E-state index is 13.7. The molecule has 0 unspecified atom stereocenters. The van der Waals surface area contributed by atoms with Crippen molar-refractivity contribution in [1.82, 2.24) is 19.0 Å². The number of fused-ring (bicyclic) bond motifs is 1. The molecule has 2 aliphatic rings. The van der Waals surface area contributed by atoms with Gasteiger partial charge in [-0.1, -0.05) is 23.7 Å². The second-order valence-electron chi connectivity index (χ2n) is 9.77. The molecular weight excluding hydrogens is 562 g/mol. The lowest BCUT2D eigenvalue weighted by Gasteiger charge is -2.31. The van der Waals surface area contributed by atoms with Crippen LogP contribution in [0.15, 0.2) is 41.3 Å². The molecule has 0 aromatic heterocycles. The van der Waals surface area contributed by atoms with Gasteiger partial charge in [0.05, 0.1) is 11.4 Å². The molecule has 0 radical (unpaired) electrons. The number of likely N-dealkylation sites (tertiary alicyclic amines) is 1. The number of sulfonamides is 1. The molecular formula is C26H34ClN5O7S. The number of rotatable bonds is 7. The summed E-state index contributed by atoms with van der Waals surface area (Å²) in [5.74, 6) is -1.55. The Bertz CT molecular complexity index is 1370. The van der Waals surface area contributed by atoms with Gasteiger partial charge < -0.3 is 25.5 Å². The smallest absolute Gasteiger partial charge is 0.290 e. The minimum absolute atomic E-state index is 0.0624. The molecule has 40 heavy (non-hydrogen) atoms. The number of likely N-dealkylation sites (N-methyl/N-ethyl adjacent to an activating group) is 1. The third kappa shape index (κ3) is 7.08. The first-order valence-corrected chi connectivity index (χ1v) is 14.6. The second kappa shape index (κ2) is 13.4. The molecule has 2 atom stereocenters. The van der Waals surface area contributed by atoms with Crippen LogP contribution in [-0.2, 0) is 29.2 Å². The lowest BCUT2D eigenvalue weighted by molar-refractivity contribution is -0.144. The van der Waals surface area contributed by atoms with E-state index in [1.807, 2.05) is 7.05 Å². The number of benzene rings is 2. The van der Waals surface area contributed by atoms with Crippen LogP contribution in [-0.4, -0.2) is 115 Å². The van der Waals surface area contributed by atoms with Crippen molar-refractivity contribution in [3.05, 3.63) is 41.4 Å². The fourth-order valence-electron chi connectivity index (χ4n) is 5.01. The summed E-state index contributed by atoms with van der Waals surface area (Å²) < 4.78 is 28.2. The van der Waals surface area contributed by atoms with Crippen LogP contribution in [0.2, 0.25) is 5.02 Å². The summed E-state index contributed by atoms with van der Waals surface area (Å²) in [5, 5.41) is 8.81. The molecule has 0 bridgehead atoms. The molecule has 2 aromatic carbocycles. The van der Waals surface area contributed by atoms with Crippen molar-refractivity contribution in [3.8, 4) is 0 Å². The Morgan fingerprint density at radius 3 is 2.45 bits per heavy atom. The maximum Gasteiger partial charge on any atom is 0.290 e. The lowest BCUT2D eigenvalue weighted by atomic mass is 10.1. The number of carboxylic acid groups (broad SMARTS) is 1. The molecule has 0 saturated carbocycles. The zero-order valence-electron chi connectivity index (χ0n) is 22.4. The Kier molecular flexibility index (Phi) is 10.5. The zero-order chi connectivity index (χ0) is 29.6. The number of amides is 3. The van der Waals surface area contributed by atoms with Crippen molar-refractivity contribution in [2.24, 2.45) is 5.73 Å². The third-order valence-electron chi connectivity index (χ3n) is 7.11. The number of halogens is 1. The van der Waals surface area contributed by atoms with Crippen molar-refractivity contribution in [3.63, 3.8) is 0 Å². The van der Waals surface area contributed by atoms with Crippen molar-refractivity contribution in [1.29, 1.82) is 0 Å². The number of nitrogens with zero attached hydrogens (tertiary/aromatic N) is 4. The van der Waals surface area contributed by atoms with Gasteiger partial charge in [0.25, 0.3) is 6.47 Å². The van der Waals surface area contributed by atoms with Crippen LogP contribution in [0.4, 0.5) is 0 Å². The first-order valence-electron chi connectivity index (χ1n) is 12.8. The molecule has 0 spiro atoms. The quantitative estimate of drug-likeness (QED) is 0.445. The van der Waals surface area contributed by atoms with Gasteiger partial charge in [0.1, 0.15) is 12.1 Å². The molecule has 3 amide bonds. The van der Waals surface area contributed by atoms with Gasteiger partial charge in [0.2, 0.25) is 27.7 Å². The van der Waals surface area contributed by atoms with Gasteiger partial charge in [0, 0.05) is 31.2 Å². The van der Waals surface area contributed by atoms with Gasteiger partial charge in [-0.15, -0.1) is 0 Å². The van der Waals surface area contributed by atoms with Crippen LogP contribution in [0.3, 0.4) is 0 Å². The SMILES string of the molecule is C[C@@H](C(=O)N1CCCN(C)CC1)N1CC[C@H](N(CC(N)=O)S(=O)(=O)c2ccc3cc(Cl)ccc3c2)C1=O.O=CO. The summed E-state index contributed by atoms with van der Waals surface area (Å²) in [4.78, 5) is 52.2. The van der Waals surface area contributed by atoms with Crippen molar-refractivity contribution in [2.75, 3.05) is 46.3 Å². The number of nitrogens with two attached hydrogens (primary N) is 1. The van der Waals surface area contributed by atoms with E-state index in [0.29, 0.717) is 23.5 Å². The first-order chi connectivity index (χ1) is 18.9. The highest BCUT2D eigenvalue weighted by molar-refractivity contribution is 7.89. The van der Waals surface area contributed by atoms with E-state index in [-0.39, 0.29) is 30.2 Å². The topological polar surface area (TPSA) is 162 Å². The molecule has 2 aromatic rings. The standard InChI is InChI=1S/C25H32ClN5O5S.CH2O2/c1-17(24(33)29-10-3-9-28(2)12-13-29)30-11-8-22(25(30)34)31(16-23(27)32)37(35,36)21-7-5-18-14-20(26)6-4-19(18)15-21;2-1-3/h4-7,14-15,17,22H,3,8-13,16H2,1-2H3,(H2,27,32);1H,(H,2,3)/t17-,22-;/m0./s1. The van der Waals surface area contributed by atoms with Gasteiger partial charge in [-0.3, -0.25) is 19.2 Å². The van der Waals surface area contributed by atoms with Crippen molar-refractivity contribution in [2.45, 2.75) is 36.7 Å². The van der Waals surface area contributed by atoms with E-state index in [1.54, 1.807) is 36.1 Å². The van der Waals surface area contributed by atoms with Crippen molar-refractivity contribution < 1.29 is 32.7 Å². The normalized spacial score (nSPS) is 19.2. The Balaban J connectivity index is 0.00000141. The summed E-state index contributed by atoms with van der Waals surface area (Å²) in [6, 6.07) is 7.71. The lowest BCUT2D eigenvalue weighted by Crippen LogP contribution is -2.52. The highest BCUT2D eigenvalue weighted by Crippen LogP contribution is 2.29. The molecule has 2 fully saturated rings. The summed E-state index contributed by atoms with van der Waals surface area (Å²) in [6.07, 6.45) is 0.989. The van der Waals surface area contributed by atoms with Crippen LogP contribution in [0.25, 0.3) is 10.8 Å². The molecule has 2 aliphatic heterocycles. The van der Waals surface area contributed by atoms with E-state index in [2.05, 4.69) is 4.90 Å². The minimum Gasteiger partial charge on any atom is -0.483 e. The highest BCUT2D eigenvalue weighted by atomic mass is 35.5. The molecule has 3 N–H and O–H groups in total. The summed E-state index contributed by atoms with van der Waals surface area (Å²) >= 11 is 6.03. The predicted molar refractivity (Wildman–Crippen MR) is 149 cm³/mol. The Morgan fingerprint density at radius 1 is 1.12 bits per heavy atom. The Labute approximate surface area is 238 Å². The van der Waals surface area contributed by atoms with Crippen LogP contribution < -0.4 is 5.73 Å². The van der Waals surface area contributed by atoms with Crippen LogP contribution in [0.1, 0.15) is 19.8 Å². The summed E-state index contributed by atoms with van der Waals surface area (Å²) in [5.41, 5.74) is 5.41. The molecule has 14 heteroatoms. The van der Waals surface area contributed by atoms with Gasteiger partial charge in [-0.2, -0.15) is 4.31 Å². The Hall–Kier alpha value is -3.26. The molecule has 12 nitrogen and oxygen atoms in total. The van der Waals surface area contributed by atoms with Gasteiger partial charge >= 0.3 is 0 Å². The van der Waals surface area contributed by atoms with E-state index in [4.69, 9.17) is 27.2 Å². The molecule has 0 aliphatic carbocycles. The van der Waals surface area contributed by atoms with Crippen LogP contribution in [0.5, 0.6) is 0 Å². The maximum atomic E-state index is 13.7. The number of hydrogen-bond acceptors (Lipinski definition) is 7. The zero-order valence-corrected chi connectivity index (χ0v) is 24.0. The fraction of sp³-hybridized carbons (Fsp3) is 0.462. The fourth-order valence-corrected chi connectivity index (χ4v) is 6.80. The van der Waals surface area contributed by atoms with E-state index < -0.39 is 40.5 Å². The monoisotopic (exact) mass is 595 g/mol. The second-order valence-corrected chi connectivity index (χ2v) is 12.1. The highest BCUT2D eigenvalue weighted by Gasteiger charge is 2.45. The number of carbonyl (C=O) groups excluding carboxylic acids is 3. The summed E-state index contributed by atoms with van der Waals surface area (Å²) in [7, 11) is -2.26. The average Bonchev–Trinajstić information content (AvgIpc) is 3.14. The Morgan fingerprint density at radius 2 is 1.77 bits per heavy atom. The van der Waals surface area contributed by atoms with Gasteiger partial charge in [-0.05, 0) is 68.4 Å². The summed E-state index contributed by atoms with van der Waals surface area (Å²) in [6.45, 7) is 3.78. The number of carbonyl (C=O) groups is 4. The van der Waals surface area contributed by atoms with Crippen LogP contribution >= 0.6 is 11.6 Å². The van der Waals surface area contributed by atoms with E-state index >= 15 is 0 Å². The number of primary amides is 1. The largest absolute Gasteiger partial charge is 0.483 e. The average molecular weight is 596 g/mol. The minimum atomic E-state index is -4.26. The number of hydrogen-bond donors (Lipinski definition) is 2. The molecule has 218 valence electrons. The van der Waals surface area contributed by atoms with Gasteiger partial charge in [0.15, 0.2) is 0 Å². The van der Waals surface area contributed by atoms with Gasteiger partial charge in [-0.25, -0.2) is 8.42 Å². The molecule has 2 heterocycles. The molecule has 2 saturated heterocycles. The van der Waals surface area contributed by atoms with Crippen LogP contribution in [0, 0.1) is 0 Å². The van der Waals surface area contributed by atoms with E-state index in [0.717, 1.165) is 29.2 Å². The van der Waals surface area contributed by atoms with Crippen molar-refractivity contribution >= 4 is 56.6 Å². The van der Waals surface area contributed by atoms with E-state index in [1.165, 1.54) is 17.0 Å².